The van der Waals surface area contributed by atoms with Crippen molar-refractivity contribution in [1.29, 1.82) is 0 Å². The van der Waals surface area contributed by atoms with E-state index in [9.17, 15) is 24.3 Å². The number of carbonyl (C=O) groups excluding carboxylic acids is 3. The number of anilines is 2. The summed E-state index contributed by atoms with van der Waals surface area (Å²) in [7, 11) is 1.62. The Morgan fingerprint density at radius 3 is 2.22 bits per heavy atom. The topological polar surface area (TPSA) is 142 Å². The summed E-state index contributed by atoms with van der Waals surface area (Å²) in [5, 5.41) is 15.0. The van der Waals surface area contributed by atoms with Gasteiger partial charge in [-0.05, 0) is 47.5 Å². The minimum Gasteiger partial charge on any atom is -0.480 e. The lowest BCUT2D eigenvalue weighted by atomic mass is 10.0. The van der Waals surface area contributed by atoms with Gasteiger partial charge in [-0.25, -0.2) is 4.79 Å². The highest BCUT2D eigenvalue weighted by atomic mass is 35.5. The maximum atomic E-state index is 12.8. The fourth-order valence-electron chi connectivity index (χ4n) is 3.53. The third-order valence-corrected chi connectivity index (χ3v) is 6.05. The van der Waals surface area contributed by atoms with E-state index in [-0.39, 0.29) is 33.3 Å². The van der Waals surface area contributed by atoms with Crippen LogP contribution >= 0.6 is 23.2 Å². The van der Waals surface area contributed by atoms with E-state index in [2.05, 4.69) is 10.6 Å². The van der Waals surface area contributed by atoms with Crippen molar-refractivity contribution in [3.8, 4) is 0 Å². The standard InChI is InChI=1S/C26H24Cl2N4O5/c1-32(14-33)13-16-7-10-21(29)18(11-16)24(34)30-17-8-5-15(6-9-17)12-22(26(36)37)31-25(35)23-19(27)3-2-4-20(23)28/h2-11,14,22H,12-13,29H2,1H3,(H,30,34)(H,31,35)(H,36,37)/t22-/m0/s1. The number of nitrogens with zero attached hydrogens (tertiary/aromatic N) is 1. The number of carboxylic acids is 1. The zero-order chi connectivity index (χ0) is 27.1. The number of benzene rings is 3. The summed E-state index contributed by atoms with van der Waals surface area (Å²) in [6, 6.07) is 14.7. The Labute approximate surface area is 223 Å². The molecule has 192 valence electrons. The molecule has 3 aromatic carbocycles. The molecule has 0 aliphatic heterocycles. The van der Waals surface area contributed by atoms with Gasteiger partial charge in [-0.15, -0.1) is 0 Å². The second-order valence-electron chi connectivity index (χ2n) is 8.26. The molecule has 0 aliphatic carbocycles. The largest absolute Gasteiger partial charge is 0.480 e. The van der Waals surface area contributed by atoms with Crippen molar-refractivity contribution in [3.05, 3.63) is 93.0 Å². The van der Waals surface area contributed by atoms with Crippen molar-refractivity contribution < 1.29 is 24.3 Å². The predicted octanol–water partition coefficient (Wildman–Crippen LogP) is 3.84. The number of nitrogens with one attached hydrogen (secondary N) is 2. The number of hydrogen-bond donors (Lipinski definition) is 4. The predicted molar refractivity (Wildman–Crippen MR) is 142 cm³/mol. The molecular formula is C26H24Cl2N4O5. The lowest BCUT2D eigenvalue weighted by Gasteiger charge is -2.16. The molecule has 0 fully saturated rings. The number of amides is 3. The molecule has 0 saturated carbocycles. The first-order valence-corrected chi connectivity index (χ1v) is 11.8. The Hall–Kier alpha value is -4.08. The molecule has 11 heteroatoms. The minimum atomic E-state index is -1.24. The highest BCUT2D eigenvalue weighted by Crippen LogP contribution is 2.24. The third-order valence-electron chi connectivity index (χ3n) is 5.42. The number of halogens is 2. The van der Waals surface area contributed by atoms with E-state index >= 15 is 0 Å². The van der Waals surface area contributed by atoms with Crippen molar-refractivity contribution in [2.75, 3.05) is 18.1 Å². The van der Waals surface area contributed by atoms with Crippen LogP contribution in [0.1, 0.15) is 31.8 Å². The van der Waals surface area contributed by atoms with Crippen molar-refractivity contribution in [3.63, 3.8) is 0 Å². The van der Waals surface area contributed by atoms with Gasteiger partial charge in [0.1, 0.15) is 6.04 Å². The molecule has 9 nitrogen and oxygen atoms in total. The molecule has 0 spiro atoms. The summed E-state index contributed by atoms with van der Waals surface area (Å²) in [6.45, 7) is 0.322. The van der Waals surface area contributed by atoms with Crippen LogP contribution in [0.25, 0.3) is 0 Å². The van der Waals surface area contributed by atoms with E-state index in [1.807, 2.05) is 0 Å². The fourth-order valence-corrected chi connectivity index (χ4v) is 4.10. The lowest BCUT2D eigenvalue weighted by Crippen LogP contribution is -2.42. The van der Waals surface area contributed by atoms with Crippen LogP contribution in [0.4, 0.5) is 11.4 Å². The number of nitrogens with two attached hydrogens (primary N) is 1. The van der Waals surface area contributed by atoms with Gasteiger partial charge in [0.15, 0.2) is 0 Å². The molecule has 0 heterocycles. The van der Waals surface area contributed by atoms with Gasteiger partial charge in [-0.1, -0.05) is 47.5 Å². The van der Waals surface area contributed by atoms with Gasteiger partial charge in [-0.3, -0.25) is 14.4 Å². The SMILES string of the molecule is CN(C=O)Cc1ccc(N)c(C(=O)Nc2ccc(C[C@H](NC(=O)c3c(Cl)cccc3Cl)C(=O)O)cc2)c1. The summed E-state index contributed by atoms with van der Waals surface area (Å²) >= 11 is 12.1. The summed E-state index contributed by atoms with van der Waals surface area (Å²) in [5.74, 6) is -2.37. The Morgan fingerprint density at radius 1 is 1.00 bits per heavy atom. The Balaban J connectivity index is 1.68. The average molecular weight is 543 g/mol. The number of carbonyl (C=O) groups is 4. The molecule has 0 unspecified atom stereocenters. The van der Waals surface area contributed by atoms with Crippen molar-refractivity contribution in [2.45, 2.75) is 19.0 Å². The Kier molecular flexibility index (Phi) is 9.10. The van der Waals surface area contributed by atoms with Crippen LogP contribution in [0.15, 0.2) is 60.7 Å². The summed E-state index contributed by atoms with van der Waals surface area (Å²) in [6.07, 6.45) is 0.667. The van der Waals surface area contributed by atoms with E-state index in [0.29, 0.717) is 24.2 Å². The Bertz CT molecular complexity index is 1310. The number of carboxylic acid groups (broad SMARTS) is 1. The molecule has 0 aromatic heterocycles. The summed E-state index contributed by atoms with van der Waals surface area (Å²) in [5.41, 5.74) is 8.31. The van der Waals surface area contributed by atoms with E-state index in [1.54, 1.807) is 55.6 Å². The second kappa shape index (κ2) is 12.2. The number of aliphatic carboxylic acids is 1. The lowest BCUT2D eigenvalue weighted by molar-refractivity contribution is -0.139. The first kappa shape index (κ1) is 27.5. The number of hydrogen-bond acceptors (Lipinski definition) is 5. The molecule has 37 heavy (non-hydrogen) atoms. The minimum absolute atomic E-state index is 0.00344. The summed E-state index contributed by atoms with van der Waals surface area (Å²) in [4.78, 5) is 49.5. The van der Waals surface area contributed by atoms with Gasteiger partial charge < -0.3 is 26.4 Å². The van der Waals surface area contributed by atoms with E-state index in [1.165, 1.54) is 17.0 Å². The summed E-state index contributed by atoms with van der Waals surface area (Å²) < 4.78 is 0. The molecule has 1 atom stereocenters. The average Bonchev–Trinajstić information content (AvgIpc) is 2.85. The molecule has 0 aliphatic rings. The monoisotopic (exact) mass is 542 g/mol. The normalized spacial score (nSPS) is 11.3. The third kappa shape index (κ3) is 7.22. The van der Waals surface area contributed by atoms with Gasteiger partial charge in [0.2, 0.25) is 6.41 Å². The van der Waals surface area contributed by atoms with Crippen LogP contribution in [-0.2, 0) is 22.6 Å². The first-order valence-electron chi connectivity index (χ1n) is 11.0. The zero-order valence-corrected chi connectivity index (χ0v) is 21.2. The first-order chi connectivity index (χ1) is 17.6. The zero-order valence-electron chi connectivity index (χ0n) is 19.7. The van der Waals surface area contributed by atoms with Crippen molar-refractivity contribution >= 4 is 58.8 Å². The number of nitrogen functional groups attached to an aromatic ring is 1. The molecule has 3 aromatic rings. The van der Waals surface area contributed by atoms with Crippen LogP contribution < -0.4 is 16.4 Å². The maximum Gasteiger partial charge on any atom is 0.326 e. The van der Waals surface area contributed by atoms with E-state index < -0.39 is 23.8 Å². The van der Waals surface area contributed by atoms with Crippen LogP contribution in [0.3, 0.4) is 0 Å². The molecule has 0 radical (unpaired) electrons. The molecule has 3 rings (SSSR count). The van der Waals surface area contributed by atoms with Crippen LogP contribution in [0, 0.1) is 0 Å². The highest BCUT2D eigenvalue weighted by molar-refractivity contribution is 6.39. The van der Waals surface area contributed by atoms with Gasteiger partial charge in [-0.2, -0.15) is 0 Å². The van der Waals surface area contributed by atoms with Crippen LogP contribution in [-0.4, -0.2) is 47.3 Å². The highest BCUT2D eigenvalue weighted by Gasteiger charge is 2.24. The van der Waals surface area contributed by atoms with E-state index in [0.717, 1.165) is 5.56 Å². The van der Waals surface area contributed by atoms with Crippen LogP contribution in [0.5, 0.6) is 0 Å². The molecule has 5 N–H and O–H groups in total. The van der Waals surface area contributed by atoms with Crippen LogP contribution in [0.2, 0.25) is 10.0 Å². The van der Waals surface area contributed by atoms with E-state index in [4.69, 9.17) is 28.9 Å². The molecular weight excluding hydrogens is 519 g/mol. The number of rotatable bonds is 10. The fraction of sp³-hybridized carbons (Fsp3) is 0.154. The van der Waals surface area contributed by atoms with Gasteiger partial charge >= 0.3 is 5.97 Å². The van der Waals surface area contributed by atoms with Crippen molar-refractivity contribution in [2.24, 2.45) is 0 Å². The molecule has 0 saturated heterocycles. The Morgan fingerprint density at radius 2 is 1.62 bits per heavy atom. The second-order valence-corrected chi connectivity index (χ2v) is 9.07. The van der Waals surface area contributed by atoms with Gasteiger partial charge in [0, 0.05) is 31.4 Å². The smallest absolute Gasteiger partial charge is 0.326 e. The molecule has 3 amide bonds. The maximum absolute atomic E-state index is 12.8. The van der Waals surface area contributed by atoms with Gasteiger partial charge in [0.25, 0.3) is 11.8 Å². The van der Waals surface area contributed by atoms with Crippen molar-refractivity contribution in [1.82, 2.24) is 10.2 Å². The quantitative estimate of drug-likeness (QED) is 0.226. The molecule has 0 bridgehead atoms. The van der Waals surface area contributed by atoms with Gasteiger partial charge in [0.05, 0.1) is 21.2 Å².